The van der Waals surface area contributed by atoms with Crippen LogP contribution in [0, 0.1) is 0 Å². The van der Waals surface area contributed by atoms with Gasteiger partial charge in [0.15, 0.2) is 40.1 Å². The number of hydrogen-bond acceptors (Lipinski definition) is 9. The van der Waals surface area contributed by atoms with Gasteiger partial charge in [-0.15, -0.1) is 10.2 Å². The zero-order chi connectivity index (χ0) is 26.1. The van der Waals surface area contributed by atoms with Gasteiger partial charge in [0.1, 0.15) is 0 Å². The van der Waals surface area contributed by atoms with Crippen LogP contribution in [0.2, 0.25) is 0 Å². The predicted molar refractivity (Wildman–Crippen MR) is 135 cm³/mol. The smallest absolute Gasteiger partial charge is 0.185 e. The Hall–Kier alpha value is -4.18. The highest BCUT2D eigenvalue weighted by Gasteiger charge is 2.32. The van der Waals surface area contributed by atoms with Crippen molar-refractivity contribution in [1.29, 1.82) is 0 Å². The van der Waals surface area contributed by atoms with E-state index in [9.17, 15) is 4.79 Å². The SMILES string of the molecule is COCc1nn2c3c(nnc2c1-c1ccc(OC)c(OC)c1)C(=O)C[C@@H](c1ccc(OC)c(OC)c1)C3. The fraction of sp³-hybridized carbons (Fsp3) is 0.333. The molecule has 2 aromatic heterocycles. The van der Waals surface area contributed by atoms with Crippen LogP contribution in [0.5, 0.6) is 23.0 Å². The van der Waals surface area contributed by atoms with Crippen LogP contribution in [0.1, 0.15) is 39.8 Å². The number of ketones is 1. The Kier molecular flexibility index (Phi) is 6.66. The van der Waals surface area contributed by atoms with Crippen molar-refractivity contribution in [2.24, 2.45) is 0 Å². The molecule has 1 aliphatic rings. The molecular formula is C27H28N4O6. The first kappa shape index (κ1) is 24.5. The molecule has 5 rings (SSSR count). The zero-order valence-electron chi connectivity index (χ0n) is 21.4. The van der Waals surface area contributed by atoms with Crippen LogP contribution >= 0.6 is 0 Å². The highest BCUT2D eigenvalue weighted by Crippen LogP contribution is 2.39. The number of Topliss-reactive ketones (excluding diaryl/α,β-unsaturated/α-hetero) is 1. The second-order valence-electron chi connectivity index (χ2n) is 8.70. The fourth-order valence-corrected chi connectivity index (χ4v) is 4.88. The van der Waals surface area contributed by atoms with Gasteiger partial charge in [-0.1, -0.05) is 12.1 Å². The number of carbonyl (C=O) groups is 1. The van der Waals surface area contributed by atoms with Crippen LogP contribution in [-0.4, -0.2) is 61.1 Å². The van der Waals surface area contributed by atoms with Crippen LogP contribution < -0.4 is 18.9 Å². The van der Waals surface area contributed by atoms with Gasteiger partial charge < -0.3 is 23.7 Å². The summed E-state index contributed by atoms with van der Waals surface area (Å²) in [6.45, 7) is 0.259. The van der Waals surface area contributed by atoms with E-state index in [4.69, 9.17) is 28.8 Å². The average molecular weight is 505 g/mol. The summed E-state index contributed by atoms with van der Waals surface area (Å²) in [4.78, 5) is 13.2. The van der Waals surface area contributed by atoms with Crippen molar-refractivity contribution in [2.45, 2.75) is 25.4 Å². The molecule has 0 bridgehead atoms. The lowest BCUT2D eigenvalue weighted by Crippen LogP contribution is -2.24. The molecular weight excluding hydrogens is 476 g/mol. The number of fused-ring (bicyclic) bond motifs is 3. The van der Waals surface area contributed by atoms with E-state index in [1.54, 1.807) is 40.1 Å². The van der Waals surface area contributed by atoms with E-state index in [1.807, 2.05) is 36.4 Å². The predicted octanol–water partition coefficient (Wildman–Crippen LogP) is 3.88. The van der Waals surface area contributed by atoms with Crippen LogP contribution in [0.4, 0.5) is 0 Å². The first-order chi connectivity index (χ1) is 18.0. The molecule has 0 saturated carbocycles. The number of carbonyl (C=O) groups excluding carboxylic acids is 1. The number of aromatic nitrogens is 4. The minimum absolute atomic E-state index is 0.0770. The number of methoxy groups -OCH3 is 5. The van der Waals surface area contributed by atoms with Crippen molar-refractivity contribution in [2.75, 3.05) is 35.5 Å². The van der Waals surface area contributed by atoms with E-state index in [-0.39, 0.29) is 18.3 Å². The molecule has 2 heterocycles. The Balaban J connectivity index is 1.64. The molecule has 0 N–H and O–H groups in total. The van der Waals surface area contributed by atoms with Gasteiger partial charge in [0.2, 0.25) is 0 Å². The van der Waals surface area contributed by atoms with E-state index >= 15 is 0 Å². The standard InChI is InChI=1S/C27H28N4O6/c1-33-14-18-25(16-7-9-22(35-3)24(13-16)37-5)27-29-28-26-19(31(27)30-18)10-17(11-20(26)32)15-6-8-21(34-2)23(12-15)36-4/h6-9,12-13,17H,10-11,14H2,1-5H3/t17-/m0/s1. The highest BCUT2D eigenvalue weighted by molar-refractivity contribution is 5.97. The molecule has 2 aromatic carbocycles. The van der Waals surface area contributed by atoms with Crippen molar-refractivity contribution in [1.82, 2.24) is 19.8 Å². The molecule has 37 heavy (non-hydrogen) atoms. The normalized spacial score (nSPS) is 14.9. The molecule has 0 fully saturated rings. The molecule has 4 aromatic rings. The van der Waals surface area contributed by atoms with Crippen LogP contribution in [0.25, 0.3) is 16.8 Å². The molecule has 192 valence electrons. The molecule has 0 unspecified atom stereocenters. The van der Waals surface area contributed by atoms with Gasteiger partial charge >= 0.3 is 0 Å². The van der Waals surface area contributed by atoms with Crippen LogP contribution in [0.3, 0.4) is 0 Å². The minimum Gasteiger partial charge on any atom is -0.493 e. The number of nitrogens with zero attached hydrogens (tertiary/aromatic N) is 4. The summed E-state index contributed by atoms with van der Waals surface area (Å²) >= 11 is 0. The fourth-order valence-electron chi connectivity index (χ4n) is 4.88. The van der Waals surface area contributed by atoms with E-state index in [2.05, 4.69) is 10.2 Å². The maximum atomic E-state index is 13.2. The zero-order valence-corrected chi connectivity index (χ0v) is 21.4. The largest absolute Gasteiger partial charge is 0.493 e. The first-order valence-electron chi connectivity index (χ1n) is 11.8. The second-order valence-corrected chi connectivity index (χ2v) is 8.70. The second kappa shape index (κ2) is 10.1. The first-order valence-corrected chi connectivity index (χ1v) is 11.8. The van der Waals surface area contributed by atoms with Gasteiger partial charge in [-0.05, 0) is 47.7 Å². The molecule has 10 heteroatoms. The van der Waals surface area contributed by atoms with Gasteiger partial charge in [-0.2, -0.15) is 5.10 Å². The van der Waals surface area contributed by atoms with E-state index in [1.165, 1.54) is 0 Å². The third-order valence-electron chi connectivity index (χ3n) is 6.68. The third kappa shape index (κ3) is 4.23. The summed E-state index contributed by atoms with van der Waals surface area (Å²) < 4.78 is 28.9. The summed E-state index contributed by atoms with van der Waals surface area (Å²) in [7, 11) is 7.98. The van der Waals surface area contributed by atoms with Crippen molar-refractivity contribution in [3.05, 3.63) is 59.0 Å². The Bertz CT molecular complexity index is 1480. The van der Waals surface area contributed by atoms with Gasteiger partial charge in [0.25, 0.3) is 0 Å². The van der Waals surface area contributed by atoms with Gasteiger partial charge in [0.05, 0.1) is 52.0 Å². The topological polar surface area (TPSA) is 106 Å². The Morgan fingerprint density at radius 1 is 0.838 bits per heavy atom. The van der Waals surface area contributed by atoms with Crippen LogP contribution in [0.15, 0.2) is 36.4 Å². The summed E-state index contributed by atoms with van der Waals surface area (Å²) in [6, 6.07) is 11.3. The lowest BCUT2D eigenvalue weighted by atomic mass is 9.83. The third-order valence-corrected chi connectivity index (χ3v) is 6.68. The van der Waals surface area contributed by atoms with Crippen LogP contribution in [-0.2, 0) is 17.8 Å². The van der Waals surface area contributed by atoms with E-state index in [0.717, 1.165) is 16.7 Å². The van der Waals surface area contributed by atoms with E-state index in [0.29, 0.717) is 58.6 Å². The molecule has 0 aliphatic heterocycles. The maximum absolute atomic E-state index is 13.2. The summed E-state index contributed by atoms with van der Waals surface area (Å²) in [5.74, 6) is 2.30. The van der Waals surface area contributed by atoms with E-state index < -0.39 is 0 Å². The van der Waals surface area contributed by atoms with Gasteiger partial charge in [0, 0.05) is 13.5 Å². The highest BCUT2D eigenvalue weighted by atomic mass is 16.5. The molecule has 0 spiro atoms. The summed E-state index contributed by atoms with van der Waals surface area (Å²) in [5.41, 5.74) is 4.84. The lowest BCUT2D eigenvalue weighted by Gasteiger charge is -2.24. The quantitative estimate of drug-likeness (QED) is 0.353. The van der Waals surface area contributed by atoms with Crippen molar-refractivity contribution in [3.8, 4) is 34.1 Å². The molecule has 1 atom stereocenters. The minimum atomic E-state index is -0.0770. The van der Waals surface area contributed by atoms with Gasteiger partial charge in [-0.3, -0.25) is 4.79 Å². The lowest BCUT2D eigenvalue weighted by molar-refractivity contribution is 0.0955. The summed E-state index contributed by atoms with van der Waals surface area (Å²) in [5, 5.41) is 13.6. The number of ether oxygens (including phenoxy) is 5. The van der Waals surface area contributed by atoms with Crippen molar-refractivity contribution >= 4 is 11.4 Å². The Morgan fingerprint density at radius 2 is 1.51 bits per heavy atom. The Labute approximate surface area is 214 Å². The molecule has 0 saturated heterocycles. The molecule has 10 nitrogen and oxygen atoms in total. The summed E-state index contributed by atoms with van der Waals surface area (Å²) in [6.07, 6.45) is 0.874. The van der Waals surface area contributed by atoms with Crippen molar-refractivity contribution < 1.29 is 28.5 Å². The Morgan fingerprint density at radius 3 is 2.19 bits per heavy atom. The number of hydrogen-bond donors (Lipinski definition) is 0. The average Bonchev–Trinajstić information content (AvgIpc) is 3.30. The number of benzene rings is 2. The van der Waals surface area contributed by atoms with Crippen molar-refractivity contribution in [3.63, 3.8) is 0 Å². The van der Waals surface area contributed by atoms with Gasteiger partial charge in [-0.25, -0.2) is 4.52 Å². The maximum Gasteiger partial charge on any atom is 0.185 e. The molecule has 1 aliphatic carbocycles. The molecule has 0 radical (unpaired) electrons. The number of rotatable bonds is 8. The monoisotopic (exact) mass is 504 g/mol. The molecule has 0 amide bonds.